The number of fused-ring (bicyclic) bond motifs is 1. The number of carbonyl (C=O) groups excluding carboxylic acids is 1. The highest BCUT2D eigenvalue weighted by molar-refractivity contribution is 5.96. The minimum Gasteiger partial charge on any atom is -0.508 e. The van der Waals surface area contributed by atoms with Crippen LogP contribution in [0.15, 0.2) is 18.2 Å². The van der Waals surface area contributed by atoms with Crippen LogP contribution in [-0.4, -0.2) is 17.6 Å². The summed E-state index contributed by atoms with van der Waals surface area (Å²) in [5.41, 5.74) is 0.548. The zero-order chi connectivity index (χ0) is 14.1. The van der Waals surface area contributed by atoms with Crippen LogP contribution in [0, 0.1) is 29.1 Å². The third kappa shape index (κ3) is 2.36. The third-order valence-electron chi connectivity index (χ3n) is 4.72. The van der Waals surface area contributed by atoms with Crippen LogP contribution >= 0.6 is 0 Å². The number of hydrogen-bond donors (Lipinski definition) is 2. The van der Waals surface area contributed by atoms with Crippen molar-refractivity contribution < 1.29 is 9.90 Å². The van der Waals surface area contributed by atoms with Crippen LogP contribution in [0.1, 0.15) is 41.6 Å². The lowest BCUT2D eigenvalue weighted by atomic mass is 10.1. The molecule has 1 amide bonds. The Bertz CT molecular complexity index is 566. The minimum atomic E-state index is -0.229. The van der Waals surface area contributed by atoms with Crippen molar-refractivity contribution >= 4 is 5.91 Å². The lowest BCUT2D eigenvalue weighted by Crippen LogP contribution is -2.25. The van der Waals surface area contributed by atoms with Crippen molar-refractivity contribution in [1.82, 2.24) is 5.32 Å². The van der Waals surface area contributed by atoms with Crippen molar-refractivity contribution in [2.45, 2.75) is 25.7 Å². The normalized spacial score (nSPS) is 26.6. The third-order valence-corrected chi connectivity index (χ3v) is 4.72. The summed E-state index contributed by atoms with van der Waals surface area (Å²) in [6.45, 7) is 0.669. The van der Waals surface area contributed by atoms with Crippen molar-refractivity contribution in [3.05, 3.63) is 29.3 Å². The van der Waals surface area contributed by atoms with Crippen molar-refractivity contribution in [3.63, 3.8) is 0 Å². The number of benzene rings is 1. The number of phenols is 1. The van der Waals surface area contributed by atoms with Gasteiger partial charge in [0.25, 0.3) is 5.91 Å². The van der Waals surface area contributed by atoms with Gasteiger partial charge in [0.05, 0.1) is 11.1 Å². The molecule has 0 bridgehead atoms. The van der Waals surface area contributed by atoms with E-state index in [0.29, 0.717) is 12.1 Å². The number of aromatic hydroxyl groups is 1. The standard InChI is InChI=1S/C16H18N2O2/c17-9-10-8-11(19)4-5-12(10)16(20)18-7-6-15-13-2-1-3-14(13)15/h4-5,8,13-15,19H,1-3,6-7H2,(H,18,20). The SMILES string of the molecule is N#Cc1cc(O)ccc1C(=O)NCCC1C2CCCC21. The molecule has 20 heavy (non-hydrogen) atoms. The zero-order valence-electron chi connectivity index (χ0n) is 11.3. The number of nitriles is 1. The average molecular weight is 270 g/mol. The zero-order valence-corrected chi connectivity index (χ0v) is 11.3. The summed E-state index contributed by atoms with van der Waals surface area (Å²) in [6.07, 6.45) is 5.14. The van der Waals surface area contributed by atoms with Gasteiger partial charge in [0.1, 0.15) is 11.8 Å². The van der Waals surface area contributed by atoms with Gasteiger partial charge in [-0.3, -0.25) is 4.79 Å². The largest absolute Gasteiger partial charge is 0.508 e. The number of phenolic OH excluding ortho intramolecular Hbond substituents is 1. The Balaban J connectivity index is 1.53. The first-order chi connectivity index (χ1) is 9.70. The second kappa shape index (κ2) is 5.16. The molecule has 0 aliphatic heterocycles. The van der Waals surface area contributed by atoms with Crippen LogP contribution in [0.4, 0.5) is 0 Å². The summed E-state index contributed by atoms with van der Waals surface area (Å²) >= 11 is 0. The van der Waals surface area contributed by atoms with Crippen molar-refractivity contribution in [1.29, 1.82) is 5.26 Å². The molecule has 3 rings (SSSR count). The summed E-state index contributed by atoms with van der Waals surface area (Å²) in [5, 5.41) is 21.2. The first kappa shape index (κ1) is 13.0. The van der Waals surface area contributed by atoms with E-state index >= 15 is 0 Å². The molecule has 0 spiro atoms. The first-order valence-corrected chi connectivity index (χ1v) is 7.22. The summed E-state index contributed by atoms with van der Waals surface area (Å²) in [4.78, 5) is 12.0. The molecule has 0 saturated heterocycles. The van der Waals surface area contributed by atoms with Gasteiger partial charge in [0, 0.05) is 6.54 Å². The van der Waals surface area contributed by atoms with Gasteiger partial charge in [-0.2, -0.15) is 5.26 Å². The summed E-state index contributed by atoms with van der Waals surface area (Å²) in [6, 6.07) is 6.19. The molecular formula is C16H18N2O2. The van der Waals surface area contributed by atoms with E-state index in [-0.39, 0.29) is 17.2 Å². The van der Waals surface area contributed by atoms with Crippen LogP contribution in [0.5, 0.6) is 5.75 Å². The number of amides is 1. The van der Waals surface area contributed by atoms with Crippen molar-refractivity contribution in [2.24, 2.45) is 17.8 Å². The van der Waals surface area contributed by atoms with E-state index in [1.807, 2.05) is 6.07 Å². The quantitative estimate of drug-likeness (QED) is 0.882. The Morgan fingerprint density at radius 2 is 2.15 bits per heavy atom. The molecule has 0 aromatic heterocycles. The van der Waals surface area contributed by atoms with E-state index in [2.05, 4.69) is 5.32 Å². The second-order valence-corrected chi connectivity index (χ2v) is 5.81. The van der Waals surface area contributed by atoms with Gasteiger partial charge in [-0.15, -0.1) is 0 Å². The molecule has 2 atom stereocenters. The molecule has 2 saturated carbocycles. The van der Waals surface area contributed by atoms with Crippen LogP contribution in [0.2, 0.25) is 0 Å². The summed E-state index contributed by atoms with van der Waals surface area (Å²) in [7, 11) is 0. The van der Waals surface area contributed by atoms with Gasteiger partial charge in [-0.1, -0.05) is 6.42 Å². The van der Waals surface area contributed by atoms with Gasteiger partial charge in [-0.05, 0) is 55.2 Å². The van der Waals surface area contributed by atoms with E-state index in [0.717, 1.165) is 24.2 Å². The van der Waals surface area contributed by atoms with E-state index in [9.17, 15) is 9.90 Å². The molecular weight excluding hydrogens is 252 g/mol. The fourth-order valence-electron chi connectivity index (χ4n) is 3.67. The first-order valence-electron chi connectivity index (χ1n) is 7.22. The Morgan fingerprint density at radius 1 is 1.40 bits per heavy atom. The molecule has 4 heteroatoms. The molecule has 4 nitrogen and oxygen atoms in total. The molecule has 1 aromatic rings. The maximum absolute atomic E-state index is 12.0. The van der Waals surface area contributed by atoms with E-state index < -0.39 is 0 Å². The van der Waals surface area contributed by atoms with Gasteiger partial charge in [-0.25, -0.2) is 0 Å². The van der Waals surface area contributed by atoms with Crippen LogP contribution in [0.3, 0.4) is 0 Å². The van der Waals surface area contributed by atoms with Crippen LogP contribution in [0.25, 0.3) is 0 Å². The number of rotatable bonds is 4. The molecule has 2 unspecified atom stereocenters. The predicted molar refractivity (Wildman–Crippen MR) is 74.1 cm³/mol. The number of nitrogens with one attached hydrogen (secondary N) is 1. The highest BCUT2D eigenvalue weighted by Crippen LogP contribution is 2.58. The molecule has 2 aliphatic rings. The lowest BCUT2D eigenvalue weighted by Gasteiger charge is -2.07. The fourth-order valence-corrected chi connectivity index (χ4v) is 3.67. The fraction of sp³-hybridized carbons (Fsp3) is 0.500. The number of nitrogens with zero attached hydrogens (tertiary/aromatic N) is 1. The van der Waals surface area contributed by atoms with Crippen molar-refractivity contribution in [2.75, 3.05) is 6.54 Å². The Kier molecular flexibility index (Phi) is 3.35. The summed E-state index contributed by atoms with van der Waals surface area (Å²) < 4.78 is 0. The molecule has 1 aromatic carbocycles. The topological polar surface area (TPSA) is 73.1 Å². The Labute approximate surface area is 118 Å². The van der Waals surface area contributed by atoms with Crippen molar-refractivity contribution in [3.8, 4) is 11.8 Å². The molecule has 104 valence electrons. The summed E-state index contributed by atoms with van der Waals surface area (Å²) in [5.74, 6) is 2.40. The maximum Gasteiger partial charge on any atom is 0.252 e. The lowest BCUT2D eigenvalue weighted by molar-refractivity contribution is 0.0952. The number of carbonyl (C=O) groups is 1. The van der Waals surface area contributed by atoms with Crippen LogP contribution in [-0.2, 0) is 0 Å². The molecule has 0 radical (unpaired) electrons. The van der Waals surface area contributed by atoms with E-state index in [1.54, 1.807) is 0 Å². The van der Waals surface area contributed by atoms with Crippen LogP contribution < -0.4 is 5.32 Å². The minimum absolute atomic E-state index is 0.00362. The van der Waals surface area contributed by atoms with Gasteiger partial charge in [0.2, 0.25) is 0 Å². The average Bonchev–Trinajstić information content (AvgIpc) is 2.88. The molecule has 2 fully saturated rings. The molecule has 2 N–H and O–H groups in total. The smallest absolute Gasteiger partial charge is 0.252 e. The van der Waals surface area contributed by atoms with E-state index in [4.69, 9.17) is 5.26 Å². The predicted octanol–water partition coefficient (Wildman–Crippen LogP) is 2.43. The maximum atomic E-state index is 12.0. The number of hydrogen-bond acceptors (Lipinski definition) is 3. The van der Waals surface area contributed by atoms with Gasteiger partial charge in [0.15, 0.2) is 0 Å². The van der Waals surface area contributed by atoms with E-state index in [1.165, 1.54) is 37.5 Å². The molecule has 2 aliphatic carbocycles. The monoisotopic (exact) mass is 270 g/mol. The highest BCUT2D eigenvalue weighted by Gasteiger charge is 2.51. The van der Waals surface area contributed by atoms with Gasteiger partial charge >= 0.3 is 0 Å². The Hall–Kier alpha value is -2.02. The highest BCUT2D eigenvalue weighted by atomic mass is 16.3. The molecule has 0 heterocycles. The second-order valence-electron chi connectivity index (χ2n) is 5.81. The Morgan fingerprint density at radius 3 is 2.85 bits per heavy atom. The van der Waals surface area contributed by atoms with Gasteiger partial charge < -0.3 is 10.4 Å².